The molecule has 0 heterocycles. The molecule has 0 aliphatic heterocycles. The molecular formula is C17H23NO3. The van der Waals surface area contributed by atoms with Gasteiger partial charge < -0.3 is 10.1 Å². The first-order valence-electron chi connectivity index (χ1n) is 7.15. The summed E-state index contributed by atoms with van der Waals surface area (Å²) >= 11 is 0. The fraction of sp³-hybridized carbons (Fsp3) is 0.412. The van der Waals surface area contributed by atoms with Crippen molar-refractivity contribution >= 4 is 18.0 Å². The van der Waals surface area contributed by atoms with Crippen LogP contribution in [0.5, 0.6) is 0 Å². The molecule has 4 nitrogen and oxygen atoms in total. The van der Waals surface area contributed by atoms with E-state index >= 15 is 0 Å². The SMILES string of the molecule is Cc1cccc(/C=C/C(=O)OCC(=O)NCCC(C)C)c1. The van der Waals surface area contributed by atoms with Crippen molar-refractivity contribution in [1.82, 2.24) is 5.32 Å². The molecule has 1 rings (SSSR count). The van der Waals surface area contributed by atoms with Gasteiger partial charge in [-0.25, -0.2) is 4.79 Å². The van der Waals surface area contributed by atoms with Crippen LogP contribution in [0.4, 0.5) is 0 Å². The van der Waals surface area contributed by atoms with Crippen LogP contribution in [0.25, 0.3) is 6.08 Å². The topological polar surface area (TPSA) is 55.4 Å². The standard InChI is InChI=1S/C17H23NO3/c1-13(2)9-10-18-16(19)12-21-17(20)8-7-15-6-4-5-14(3)11-15/h4-8,11,13H,9-10,12H2,1-3H3,(H,18,19)/b8-7+. The Morgan fingerprint density at radius 1 is 1.33 bits per heavy atom. The van der Waals surface area contributed by atoms with Crippen molar-refractivity contribution in [2.45, 2.75) is 27.2 Å². The largest absolute Gasteiger partial charge is 0.452 e. The Hall–Kier alpha value is -2.10. The van der Waals surface area contributed by atoms with Crippen LogP contribution in [0.1, 0.15) is 31.4 Å². The predicted molar refractivity (Wildman–Crippen MR) is 83.6 cm³/mol. The quantitative estimate of drug-likeness (QED) is 0.620. The minimum Gasteiger partial charge on any atom is -0.452 e. The third-order valence-electron chi connectivity index (χ3n) is 2.84. The molecule has 0 fully saturated rings. The van der Waals surface area contributed by atoms with E-state index in [1.807, 2.05) is 31.2 Å². The van der Waals surface area contributed by atoms with Gasteiger partial charge in [0, 0.05) is 12.6 Å². The second-order valence-corrected chi connectivity index (χ2v) is 5.39. The minimum absolute atomic E-state index is 0.241. The maximum absolute atomic E-state index is 11.5. The molecule has 1 amide bonds. The lowest BCUT2D eigenvalue weighted by atomic mass is 10.1. The number of esters is 1. The highest BCUT2D eigenvalue weighted by Crippen LogP contribution is 2.05. The zero-order chi connectivity index (χ0) is 15.7. The van der Waals surface area contributed by atoms with Crippen LogP contribution >= 0.6 is 0 Å². The Morgan fingerprint density at radius 2 is 2.10 bits per heavy atom. The van der Waals surface area contributed by atoms with Crippen molar-refractivity contribution < 1.29 is 14.3 Å². The number of carbonyl (C=O) groups is 2. The summed E-state index contributed by atoms with van der Waals surface area (Å²) in [5.74, 6) is -0.256. The zero-order valence-corrected chi connectivity index (χ0v) is 12.9. The van der Waals surface area contributed by atoms with Gasteiger partial charge in [0.25, 0.3) is 5.91 Å². The molecule has 0 atom stereocenters. The Balaban J connectivity index is 2.29. The summed E-state index contributed by atoms with van der Waals surface area (Å²) in [6, 6.07) is 7.76. The summed E-state index contributed by atoms with van der Waals surface area (Å²) in [4.78, 5) is 22.9. The number of amides is 1. The number of aryl methyl sites for hydroxylation is 1. The molecule has 0 aliphatic rings. The van der Waals surface area contributed by atoms with E-state index in [1.54, 1.807) is 6.08 Å². The smallest absolute Gasteiger partial charge is 0.331 e. The maximum Gasteiger partial charge on any atom is 0.331 e. The van der Waals surface area contributed by atoms with Crippen LogP contribution < -0.4 is 5.32 Å². The molecule has 1 aromatic carbocycles. The third kappa shape index (κ3) is 7.92. The lowest BCUT2D eigenvalue weighted by Crippen LogP contribution is -2.29. The van der Waals surface area contributed by atoms with Crippen LogP contribution in [-0.2, 0) is 14.3 Å². The number of nitrogens with one attached hydrogen (secondary N) is 1. The summed E-state index contributed by atoms with van der Waals surface area (Å²) in [6.45, 7) is 6.52. The van der Waals surface area contributed by atoms with Crippen molar-refractivity contribution in [2.75, 3.05) is 13.2 Å². The number of hydrogen-bond acceptors (Lipinski definition) is 3. The van der Waals surface area contributed by atoms with Crippen molar-refractivity contribution in [3.8, 4) is 0 Å². The van der Waals surface area contributed by atoms with E-state index < -0.39 is 5.97 Å². The van der Waals surface area contributed by atoms with E-state index in [0.29, 0.717) is 12.5 Å². The summed E-state index contributed by atoms with van der Waals surface area (Å²) < 4.78 is 4.88. The summed E-state index contributed by atoms with van der Waals surface area (Å²) in [5, 5.41) is 2.71. The highest BCUT2D eigenvalue weighted by Gasteiger charge is 2.04. The zero-order valence-electron chi connectivity index (χ0n) is 12.9. The van der Waals surface area contributed by atoms with Crippen molar-refractivity contribution in [3.05, 3.63) is 41.5 Å². The first kappa shape index (κ1) is 17.0. The van der Waals surface area contributed by atoms with E-state index in [4.69, 9.17) is 4.74 Å². The van der Waals surface area contributed by atoms with Gasteiger partial charge in [-0.1, -0.05) is 43.7 Å². The van der Waals surface area contributed by atoms with Crippen LogP contribution in [0.2, 0.25) is 0 Å². The molecule has 0 unspecified atom stereocenters. The highest BCUT2D eigenvalue weighted by atomic mass is 16.5. The molecule has 0 saturated carbocycles. The molecule has 0 aromatic heterocycles. The maximum atomic E-state index is 11.5. The molecule has 0 radical (unpaired) electrons. The summed E-state index contributed by atoms with van der Waals surface area (Å²) in [5.41, 5.74) is 2.04. The number of benzene rings is 1. The van der Waals surface area contributed by atoms with Gasteiger partial charge in [-0.05, 0) is 30.9 Å². The van der Waals surface area contributed by atoms with Gasteiger partial charge in [0.2, 0.25) is 0 Å². The van der Waals surface area contributed by atoms with Gasteiger partial charge in [-0.15, -0.1) is 0 Å². The van der Waals surface area contributed by atoms with Crippen molar-refractivity contribution in [2.24, 2.45) is 5.92 Å². The Labute approximate surface area is 126 Å². The average Bonchev–Trinajstić information content (AvgIpc) is 2.42. The fourth-order valence-electron chi connectivity index (χ4n) is 1.67. The van der Waals surface area contributed by atoms with Gasteiger partial charge in [0.1, 0.15) is 0 Å². The van der Waals surface area contributed by atoms with Gasteiger partial charge in [0.15, 0.2) is 6.61 Å². The molecule has 4 heteroatoms. The molecular weight excluding hydrogens is 266 g/mol. The van der Waals surface area contributed by atoms with E-state index in [0.717, 1.165) is 17.5 Å². The molecule has 0 spiro atoms. The molecule has 21 heavy (non-hydrogen) atoms. The van der Waals surface area contributed by atoms with Gasteiger partial charge in [0.05, 0.1) is 0 Å². The number of carbonyl (C=O) groups excluding carboxylic acids is 2. The molecule has 1 N–H and O–H groups in total. The Bertz CT molecular complexity index is 507. The molecule has 0 saturated heterocycles. The van der Waals surface area contributed by atoms with E-state index in [1.165, 1.54) is 6.08 Å². The van der Waals surface area contributed by atoms with Crippen LogP contribution in [0.3, 0.4) is 0 Å². The van der Waals surface area contributed by atoms with Crippen LogP contribution in [-0.4, -0.2) is 25.0 Å². The lowest BCUT2D eigenvalue weighted by molar-refractivity contribution is -0.143. The van der Waals surface area contributed by atoms with Crippen molar-refractivity contribution in [3.63, 3.8) is 0 Å². The monoisotopic (exact) mass is 289 g/mol. The van der Waals surface area contributed by atoms with Crippen molar-refractivity contribution in [1.29, 1.82) is 0 Å². The van der Waals surface area contributed by atoms with Crippen LogP contribution in [0.15, 0.2) is 30.3 Å². The third-order valence-corrected chi connectivity index (χ3v) is 2.84. The summed E-state index contributed by atoms with van der Waals surface area (Å²) in [6.07, 6.45) is 3.91. The molecule has 0 aliphatic carbocycles. The van der Waals surface area contributed by atoms with Gasteiger partial charge >= 0.3 is 5.97 Å². The van der Waals surface area contributed by atoms with E-state index in [-0.39, 0.29) is 12.5 Å². The van der Waals surface area contributed by atoms with E-state index in [9.17, 15) is 9.59 Å². The highest BCUT2D eigenvalue weighted by molar-refractivity contribution is 5.89. The normalized spacial score (nSPS) is 10.9. The minimum atomic E-state index is -0.518. The second kappa shape index (κ2) is 8.95. The molecule has 114 valence electrons. The van der Waals surface area contributed by atoms with Gasteiger partial charge in [-0.3, -0.25) is 4.79 Å². The predicted octanol–water partition coefficient (Wildman–Crippen LogP) is 2.71. The first-order valence-corrected chi connectivity index (χ1v) is 7.15. The lowest BCUT2D eigenvalue weighted by Gasteiger charge is -2.07. The fourth-order valence-corrected chi connectivity index (χ4v) is 1.67. The summed E-state index contributed by atoms with van der Waals surface area (Å²) in [7, 11) is 0. The Morgan fingerprint density at radius 3 is 2.76 bits per heavy atom. The molecule has 1 aromatic rings. The van der Waals surface area contributed by atoms with Crippen LogP contribution in [0, 0.1) is 12.8 Å². The average molecular weight is 289 g/mol. The first-order chi connectivity index (χ1) is 9.97. The molecule has 0 bridgehead atoms. The van der Waals surface area contributed by atoms with E-state index in [2.05, 4.69) is 19.2 Å². The second-order valence-electron chi connectivity index (χ2n) is 5.39. The number of ether oxygens (including phenoxy) is 1. The van der Waals surface area contributed by atoms with Gasteiger partial charge in [-0.2, -0.15) is 0 Å². The number of hydrogen-bond donors (Lipinski definition) is 1. The Kier molecular flexibility index (Phi) is 7.23. The number of rotatable bonds is 7.